The van der Waals surface area contributed by atoms with E-state index < -0.39 is 0 Å². The van der Waals surface area contributed by atoms with E-state index in [1.54, 1.807) is 0 Å². The van der Waals surface area contributed by atoms with Crippen molar-refractivity contribution in [3.8, 4) is 0 Å². The van der Waals surface area contributed by atoms with E-state index in [2.05, 4.69) is 24.4 Å². The summed E-state index contributed by atoms with van der Waals surface area (Å²) in [5, 5.41) is 3.33. The summed E-state index contributed by atoms with van der Waals surface area (Å²) in [4.78, 5) is 2.67. The smallest absolute Gasteiger partial charge is 0.0576 e. The lowest BCUT2D eigenvalue weighted by Crippen LogP contribution is -2.00. The largest absolute Gasteiger partial charge is 0.397 e. The van der Waals surface area contributed by atoms with E-state index in [9.17, 15) is 0 Å². The van der Waals surface area contributed by atoms with Crippen LogP contribution < -0.4 is 11.1 Å². The maximum atomic E-state index is 5.83. The van der Waals surface area contributed by atoms with E-state index in [4.69, 9.17) is 5.73 Å². The molecule has 0 saturated carbocycles. The van der Waals surface area contributed by atoms with Crippen molar-refractivity contribution in [2.24, 2.45) is 0 Å². The van der Waals surface area contributed by atoms with Gasteiger partial charge in [0.05, 0.1) is 11.4 Å². The van der Waals surface area contributed by atoms with Crippen LogP contribution in [-0.2, 0) is 6.54 Å². The Morgan fingerprint density at radius 3 is 2.67 bits per heavy atom. The molecular weight excluding hydrogens is 204 g/mol. The van der Waals surface area contributed by atoms with Crippen molar-refractivity contribution in [3.05, 3.63) is 46.2 Å². The van der Waals surface area contributed by atoms with Crippen LogP contribution in [0.5, 0.6) is 0 Å². The van der Waals surface area contributed by atoms with Gasteiger partial charge in [0.15, 0.2) is 0 Å². The molecule has 2 rings (SSSR count). The number of anilines is 2. The molecule has 0 aliphatic rings. The molecule has 0 atom stereocenters. The molecule has 0 bridgehead atoms. The van der Waals surface area contributed by atoms with Gasteiger partial charge in [-0.2, -0.15) is 0 Å². The highest BCUT2D eigenvalue weighted by molar-refractivity contribution is 7.11. The van der Waals surface area contributed by atoms with Crippen molar-refractivity contribution in [1.29, 1.82) is 0 Å². The first-order chi connectivity index (χ1) is 7.25. The summed E-state index contributed by atoms with van der Waals surface area (Å²) in [6.07, 6.45) is 0. The summed E-state index contributed by atoms with van der Waals surface area (Å²) < 4.78 is 0. The number of nitrogens with one attached hydrogen (secondary N) is 1. The van der Waals surface area contributed by atoms with Crippen molar-refractivity contribution in [2.75, 3.05) is 11.1 Å². The molecule has 2 aromatic rings. The number of para-hydroxylation sites is 2. The number of nitrogen functional groups attached to an aromatic ring is 1. The van der Waals surface area contributed by atoms with Gasteiger partial charge in [0.2, 0.25) is 0 Å². The van der Waals surface area contributed by atoms with Gasteiger partial charge in [-0.25, -0.2) is 0 Å². The molecule has 0 spiro atoms. The first-order valence-corrected chi connectivity index (χ1v) is 5.71. The van der Waals surface area contributed by atoms with Gasteiger partial charge in [-0.05, 0) is 31.2 Å². The first-order valence-electron chi connectivity index (χ1n) is 4.89. The third kappa shape index (κ3) is 2.50. The molecule has 1 aromatic carbocycles. The Morgan fingerprint density at radius 2 is 2.00 bits per heavy atom. The highest BCUT2D eigenvalue weighted by Crippen LogP contribution is 2.20. The number of hydrogen-bond donors (Lipinski definition) is 2. The van der Waals surface area contributed by atoms with E-state index in [-0.39, 0.29) is 0 Å². The zero-order valence-corrected chi connectivity index (χ0v) is 9.47. The number of nitrogens with two attached hydrogens (primary N) is 1. The normalized spacial score (nSPS) is 10.2. The van der Waals surface area contributed by atoms with Crippen molar-refractivity contribution in [2.45, 2.75) is 13.5 Å². The van der Waals surface area contributed by atoms with E-state index in [1.165, 1.54) is 9.75 Å². The molecule has 3 N–H and O–H groups in total. The molecule has 0 saturated heterocycles. The molecule has 0 aliphatic carbocycles. The van der Waals surface area contributed by atoms with Crippen LogP contribution in [0.4, 0.5) is 11.4 Å². The van der Waals surface area contributed by atoms with Crippen LogP contribution in [-0.4, -0.2) is 0 Å². The monoisotopic (exact) mass is 218 g/mol. The molecule has 0 radical (unpaired) electrons. The van der Waals surface area contributed by atoms with Gasteiger partial charge in [-0.1, -0.05) is 12.1 Å². The molecule has 3 heteroatoms. The number of aryl methyl sites for hydroxylation is 1. The molecule has 2 nitrogen and oxygen atoms in total. The molecule has 15 heavy (non-hydrogen) atoms. The van der Waals surface area contributed by atoms with Crippen LogP contribution in [0.2, 0.25) is 0 Å². The Morgan fingerprint density at radius 1 is 1.20 bits per heavy atom. The number of benzene rings is 1. The second-order valence-corrected chi connectivity index (χ2v) is 4.83. The van der Waals surface area contributed by atoms with Crippen molar-refractivity contribution in [1.82, 2.24) is 0 Å². The van der Waals surface area contributed by atoms with Gasteiger partial charge in [-0.15, -0.1) is 11.3 Å². The van der Waals surface area contributed by atoms with Crippen LogP contribution in [0.3, 0.4) is 0 Å². The van der Waals surface area contributed by atoms with Gasteiger partial charge < -0.3 is 11.1 Å². The maximum absolute atomic E-state index is 5.83. The molecule has 78 valence electrons. The highest BCUT2D eigenvalue weighted by atomic mass is 32.1. The Balaban J connectivity index is 2.02. The number of rotatable bonds is 3. The quantitative estimate of drug-likeness (QED) is 0.776. The molecule has 1 heterocycles. The fourth-order valence-electron chi connectivity index (χ4n) is 1.42. The molecule has 0 amide bonds. The van der Waals surface area contributed by atoms with E-state index in [0.717, 1.165) is 17.9 Å². The van der Waals surface area contributed by atoms with E-state index in [1.807, 2.05) is 35.6 Å². The van der Waals surface area contributed by atoms with Crippen molar-refractivity contribution in [3.63, 3.8) is 0 Å². The Labute approximate surface area is 93.7 Å². The maximum Gasteiger partial charge on any atom is 0.0576 e. The lowest BCUT2D eigenvalue weighted by molar-refractivity contribution is 1.19. The second-order valence-electron chi connectivity index (χ2n) is 3.45. The van der Waals surface area contributed by atoms with Crippen LogP contribution in [0.15, 0.2) is 36.4 Å². The summed E-state index contributed by atoms with van der Waals surface area (Å²) in [7, 11) is 0. The van der Waals surface area contributed by atoms with Gasteiger partial charge in [0, 0.05) is 16.3 Å². The minimum absolute atomic E-state index is 0.797. The van der Waals surface area contributed by atoms with Crippen LogP contribution in [0.1, 0.15) is 9.75 Å². The Bertz CT molecular complexity index is 448. The van der Waals surface area contributed by atoms with Crippen LogP contribution in [0.25, 0.3) is 0 Å². The van der Waals surface area contributed by atoms with Crippen molar-refractivity contribution < 1.29 is 0 Å². The molecule has 0 fully saturated rings. The SMILES string of the molecule is Cc1ccc(CNc2ccccc2N)s1. The molecule has 0 aliphatic heterocycles. The standard InChI is InChI=1S/C12H14N2S/c1-9-6-7-10(15-9)8-14-12-5-3-2-4-11(12)13/h2-7,14H,8,13H2,1H3. The number of hydrogen-bond acceptors (Lipinski definition) is 3. The highest BCUT2D eigenvalue weighted by Gasteiger charge is 1.99. The summed E-state index contributed by atoms with van der Waals surface area (Å²) in [5.74, 6) is 0. The van der Waals surface area contributed by atoms with Gasteiger partial charge >= 0.3 is 0 Å². The van der Waals surface area contributed by atoms with Crippen molar-refractivity contribution >= 4 is 22.7 Å². The average Bonchev–Trinajstić information content (AvgIpc) is 2.63. The summed E-state index contributed by atoms with van der Waals surface area (Å²) in [6, 6.07) is 12.1. The third-order valence-corrected chi connectivity index (χ3v) is 3.21. The average molecular weight is 218 g/mol. The number of thiophene rings is 1. The van der Waals surface area contributed by atoms with Gasteiger partial charge in [-0.3, -0.25) is 0 Å². The summed E-state index contributed by atoms with van der Waals surface area (Å²) in [5.41, 5.74) is 7.63. The minimum atomic E-state index is 0.797. The Kier molecular flexibility index (Phi) is 2.92. The zero-order valence-electron chi connectivity index (χ0n) is 8.66. The molecule has 1 aromatic heterocycles. The lowest BCUT2D eigenvalue weighted by Gasteiger charge is -2.07. The lowest BCUT2D eigenvalue weighted by atomic mass is 10.2. The zero-order chi connectivity index (χ0) is 10.7. The first kappa shape index (κ1) is 10.1. The van der Waals surface area contributed by atoms with Crippen LogP contribution in [0, 0.1) is 6.92 Å². The minimum Gasteiger partial charge on any atom is -0.397 e. The topological polar surface area (TPSA) is 38.0 Å². The molecule has 0 unspecified atom stereocenters. The third-order valence-electron chi connectivity index (χ3n) is 2.21. The molecular formula is C12H14N2S. The van der Waals surface area contributed by atoms with E-state index >= 15 is 0 Å². The Hall–Kier alpha value is -1.48. The predicted molar refractivity (Wildman–Crippen MR) is 67.2 cm³/mol. The summed E-state index contributed by atoms with van der Waals surface area (Å²) in [6.45, 7) is 2.96. The second kappa shape index (κ2) is 4.36. The van der Waals surface area contributed by atoms with Gasteiger partial charge in [0.1, 0.15) is 0 Å². The van der Waals surface area contributed by atoms with E-state index in [0.29, 0.717) is 0 Å². The fraction of sp³-hybridized carbons (Fsp3) is 0.167. The fourth-order valence-corrected chi connectivity index (χ4v) is 2.25. The van der Waals surface area contributed by atoms with Gasteiger partial charge in [0.25, 0.3) is 0 Å². The predicted octanol–water partition coefficient (Wildman–Crippen LogP) is 3.25. The summed E-state index contributed by atoms with van der Waals surface area (Å²) >= 11 is 1.81. The van der Waals surface area contributed by atoms with Crippen LogP contribution >= 0.6 is 11.3 Å².